The van der Waals surface area contributed by atoms with Gasteiger partial charge in [-0.2, -0.15) is 5.26 Å². The lowest BCUT2D eigenvalue weighted by Gasteiger charge is -2.17. The molecule has 1 aromatic heterocycles. The smallest absolute Gasteiger partial charge is 0.142 e. The van der Waals surface area contributed by atoms with E-state index in [9.17, 15) is 5.26 Å². The van der Waals surface area contributed by atoms with Gasteiger partial charge in [0.15, 0.2) is 0 Å². The molecule has 0 bridgehead atoms. The van der Waals surface area contributed by atoms with Gasteiger partial charge >= 0.3 is 0 Å². The van der Waals surface area contributed by atoms with E-state index in [1.165, 1.54) is 0 Å². The molecular formula is C14H11Cl2N3S2. The predicted molar refractivity (Wildman–Crippen MR) is 89.9 cm³/mol. The van der Waals surface area contributed by atoms with Crippen molar-refractivity contribution in [2.45, 2.75) is 15.9 Å². The summed E-state index contributed by atoms with van der Waals surface area (Å²) in [4.78, 5) is 4.02. The van der Waals surface area contributed by atoms with Crippen LogP contribution in [-0.2, 0) is 0 Å². The highest BCUT2D eigenvalue weighted by molar-refractivity contribution is 8.20. The molecule has 0 amide bonds. The van der Waals surface area contributed by atoms with Gasteiger partial charge in [0.05, 0.1) is 17.0 Å². The summed E-state index contributed by atoms with van der Waals surface area (Å²) in [6, 6.07) is 7.75. The van der Waals surface area contributed by atoms with E-state index in [4.69, 9.17) is 23.2 Å². The summed E-state index contributed by atoms with van der Waals surface area (Å²) in [5.74, 6) is 0.934. The number of thioether (sulfide) groups is 2. The minimum atomic E-state index is -0.224. The molecule has 108 valence electrons. The van der Waals surface area contributed by atoms with Gasteiger partial charge in [0.1, 0.15) is 6.04 Å². The number of rotatable bonds is 3. The van der Waals surface area contributed by atoms with Gasteiger partial charge < -0.3 is 4.57 Å². The van der Waals surface area contributed by atoms with Crippen LogP contribution in [0.25, 0.3) is 0 Å². The summed E-state index contributed by atoms with van der Waals surface area (Å²) >= 11 is 15.8. The molecule has 0 saturated carbocycles. The van der Waals surface area contributed by atoms with E-state index >= 15 is 0 Å². The van der Waals surface area contributed by atoms with E-state index in [0.29, 0.717) is 10.0 Å². The molecular weight excluding hydrogens is 345 g/mol. The van der Waals surface area contributed by atoms with Crippen LogP contribution in [0.2, 0.25) is 10.0 Å². The molecule has 1 aliphatic heterocycles. The third-order valence-electron chi connectivity index (χ3n) is 3.26. The quantitative estimate of drug-likeness (QED) is 0.792. The minimum absolute atomic E-state index is 0.168. The SMILES string of the molecule is N#CC(C1SCC(c2ccc(Cl)cc2Cl)S1)n1ccnc1. The Labute approximate surface area is 141 Å². The Hall–Kier alpha value is -0.800. The fourth-order valence-corrected chi connectivity index (χ4v) is 6.28. The first kappa shape index (κ1) is 15.1. The topological polar surface area (TPSA) is 41.6 Å². The minimum Gasteiger partial charge on any atom is -0.319 e. The molecule has 1 fully saturated rings. The maximum atomic E-state index is 9.44. The summed E-state index contributed by atoms with van der Waals surface area (Å²) in [5, 5.41) is 11.1. The average molecular weight is 356 g/mol. The maximum Gasteiger partial charge on any atom is 0.142 e. The first-order valence-electron chi connectivity index (χ1n) is 6.28. The highest BCUT2D eigenvalue weighted by Crippen LogP contribution is 2.52. The van der Waals surface area contributed by atoms with Gasteiger partial charge in [-0.1, -0.05) is 29.3 Å². The number of nitrogens with zero attached hydrogens (tertiary/aromatic N) is 3. The number of nitriles is 1. The third-order valence-corrected chi connectivity index (χ3v) is 7.16. The van der Waals surface area contributed by atoms with Gasteiger partial charge in [0.25, 0.3) is 0 Å². The molecule has 3 nitrogen and oxygen atoms in total. The Balaban J connectivity index is 1.77. The van der Waals surface area contributed by atoms with Crippen LogP contribution < -0.4 is 0 Å². The molecule has 3 rings (SSSR count). The summed E-state index contributed by atoms with van der Waals surface area (Å²) in [7, 11) is 0. The van der Waals surface area contributed by atoms with Crippen LogP contribution in [0, 0.1) is 11.3 Å². The van der Waals surface area contributed by atoms with E-state index in [1.807, 2.05) is 22.9 Å². The van der Waals surface area contributed by atoms with Crippen molar-refractivity contribution in [3.8, 4) is 6.07 Å². The van der Waals surface area contributed by atoms with Crippen LogP contribution in [0.1, 0.15) is 16.9 Å². The summed E-state index contributed by atoms with van der Waals surface area (Å²) in [6.45, 7) is 0. The van der Waals surface area contributed by atoms with Crippen molar-refractivity contribution < 1.29 is 0 Å². The van der Waals surface area contributed by atoms with Crippen LogP contribution in [0.5, 0.6) is 0 Å². The monoisotopic (exact) mass is 355 g/mol. The third kappa shape index (κ3) is 3.19. The van der Waals surface area contributed by atoms with E-state index in [0.717, 1.165) is 11.3 Å². The van der Waals surface area contributed by atoms with Gasteiger partial charge in [0, 0.05) is 33.4 Å². The Morgan fingerprint density at radius 3 is 2.95 bits per heavy atom. The second-order valence-electron chi connectivity index (χ2n) is 4.58. The Morgan fingerprint density at radius 2 is 2.29 bits per heavy atom. The molecule has 0 radical (unpaired) electrons. The number of hydrogen-bond acceptors (Lipinski definition) is 4. The Kier molecular flexibility index (Phi) is 4.70. The van der Waals surface area contributed by atoms with E-state index in [1.54, 1.807) is 42.1 Å². The van der Waals surface area contributed by atoms with Crippen molar-refractivity contribution in [1.82, 2.24) is 9.55 Å². The Bertz CT molecular complexity index is 669. The van der Waals surface area contributed by atoms with E-state index in [2.05, 4.69) is 11.1 Å². The largest absolute Gasteiger partial charge is 0.319 e. The molecule has 2 aromatic rings. The number of imidazole rings is 1. The lowest BCUT2D eigenvalue weighted by atomic mass is 10.2. The molecule has 21 heavy (non-hydrogen) atoms. The maximum absolute atomic E-state index is 9.44. The van der Waals surface area contributed by atoms with Gasteiger partial charge in [0.2, 0.25) is 0 Å². The van der Waals surface area contributed by atoms with E-state index < -0.39 is 0 Å². The zero-order valence-corrected chi connectivity index (χ0v) is 14.0. The molecule has 1 aliphatic rings. The molecule has 3 unspecified atom stereocenters. The zero-order valence-electron chi connectivity index (χ0n) is 10.8. The van der Waals surface area contributed by atoms with Gasteiger partial charge in [-0.25, -0.2) is 4.98 Å². The fraction of sp³-hybridized carbons (Fsp3) is 0.286. The highest BCUT2D eigenvalue weighted by Gasteiger charge is 2.34. The van der Waals surface area contributed by atoms with Crippen molar-refractivity contribution >= 4 is 46.7 Å². The van der Waals surface area contributed by atoms with Crippen LogP contribution in [0.15, 0.2) is 36.9 Å². The molecule has 0 aliphatic carbocycles. The lowest BCUT2D eigenvalue weighted by molar-refractivity contribution is 0.664. The molecule has 1 aromatic carbocycles. The molecule has 2 heterocycles. The molecule has 1 saturated heterocycles. The second-order valence-corrected chi connectivity index (χ2v) is 8.24. The second kappa shape index (κ2) is 6.53. The number of aromatic nitrogens is 2. The summed E-state index contributed by atoms with van der Waals surface area (Å²) < 4.78 is 2.03. The molecule has 0 N–H and O–H groups in total. The van der Waals surface area contributed by atoms with Crippen LogP contribution >= 0.6 is 46.7 Å². The average Bonchev–Trinajstić information content (AvgIpc) is 3.12. The van der Waals surface area contributed by atoms with Crippen molar-refractivity contribution in [3.63, 3.8) is 0 Å². The van der Waals surface area contributed by atoms with Crippen molar-refractivity contribution in [3.05, 3.63) is 52.5 Å². The predicted octanol–water partition coefficient (Wildman–Crippen LogP) is 4.80. The summed E-state index contributed by atoms with van der Waals surface area (Å²) in [6.07, 6.45) is 5.22. The highest BCUT2D eigenvalue weighted by atomic mass is 35.5. The van der Waals surface area contributed by atoms with Gasteiger partial charge in [-0.3, -0.25) is 0 Å². The number of hydrogen-bond donors (Lipinski definition) is 0. The fourth-order valence-electron chi connectivity index (χ4n) is 2.22. The normalized spacial score (nSPS) is 22.9. The molecule has 0 spiro atoms. The molecule has 7 heteroatoms. The van der Waals surface area contributed by atoms with Crippen LogP contribution in [-0.4, -0.2) is 19.9 Å². The Morgan fingerprint density at radius 1 is 1.43 bits per heavy atom. The molecule has 3 atom stereocenters. The number of benzene rings is 1. The summed E-state index contributed by atoms with van der Waals surface area (Å²) in [5.41, 5.74) is 1.09. The van der Waals surface area contributed by atoms with Gasteiger partial charge in [-0.05, 0) is 17.7 Å². The van der Waals surface area contributed by atoms with Crippen molar-refractivity contribution in [2.75, 3.05) is 5.75 Å². The first-order chi connectivity index (χ1) is 10.2. The van der Waals surface area contributed by atoms with Gasteiger partial charge in [-0.15, -0.1) is 23.5 Å². The van der Waals surface area contributed by atoms with Crippen molar-refractivity contribution in [1.29, 1.82) is 5.26 Å². The van der Waals surface area contributed by atoms with Crippen molar-refractivity contribution in [2.24, 2.45) is 0 Å². The number of halogens is 2. The lowest BCUT2D eigenvalue weighted by Crippen LogP contribution is -2.14. The standard InChI is InChI=1S/C14H11Cl2N3S2/c15-9-1-2-10(11(16)5-9)13-7-20-14(21-13)12(6-17)19-4-3-18-8-19/h1-5,8,12-14H,7H2. The van der Waals surface area contributed by atoms with E-state index in [-0.39, 0.29) is 15.9 Å². The zero-order chi connectivity index (χ0) is 14.8. The van der Waals surface area contributed by atoms with Crippen LogP contribution in [0.3, 0.4) is 0 Å². The first-order valence-corrected chi connectivity index (χ1v) is 9.03. The van der Waals surface area contributed by atoms with Crippen LogP contribution in [0.4, 0.5) is 0 Å².